The normalized spacial score (nSPS) is 25.8. The van der Waals surface area contributed by atoms with Crippen molar-refractivity contribution in [3.05, 3.63) is 22.4 Å². The van der Waals surface area contributed by atoms with Gasteiger partial charge in [-0.05, 0) is 22.4 Å². The Morgan fingerprint density at radius 3 is 2.85 bits per heavy atom. The Hall–Kier alpha value is -0.610. The molecule has 13 heavy (non-hydrogen) atoms. The highest BCUT2D eigenvalue weighted by molar-refractivity contribution is 9.10. The van der Waals surface area contributed by atoms with E-state index in [1.165, 1.54) is 0 Å². The van der Waals surface area contributed by atoms with Gasteiger partial charge < -0.3 is 10.5 Å². The standard InChI is InChI=1S/C9H11BrN2O/c1-13-8-4-12-3-6(10)9(8)5-2-7(5)11/h3-5,7H,2,11H2,1H3/t5-,7-/m1/s1. The Bertz CT molecular complexity index is 329. The maximum Gasteiger partial charge on any atom is 0.141 e. The summed E-state index contributed by atoms with van der Waals surface area (Å²) in [6.45, 7) is 0. The van der Waals surface area contributed by atoms with Gasteiger partial charge in [-0.2, -0.15) is 0 Å². The van der Waals surface area contributed by atoms with Gasteiger partial charge in [0.1, 0.15) is 5.75 Å². The molecule has 0 radical (unpaired) electrons. The van der Waals surface area contributed by atoms with Crippen molar-refractivity contribution >= 4 is 15.9 Å². The summed E-state index contributed by atoms with van der Waals surface area (Å²) >= 11 is 3.46. The van der Waals surface area contributed by atoms with Crippen molar-refractivity contribution in [2.75, 3.05) is 7.11 Å². The number of nitrogens with zero attached hydrogens (tertiary/aromatic N) is 1. The summed E-state index contributed by atoms with van der Waals surface area (Å²) in [6.07, 6.45) is 4.55. The molecule has 70 valence electrons. The zero-order chi connectivity index (χ0) is 9.42. The van der Waals surface area contributed by atoms with Crippen LogP contribution in [0, 0.1) is 0 Å². The molecule has 0 spiro atoms. The molecule has 1 fully saturated rings. The molecule has 0 bridgehead atoms. The van der Waals surface area contributed by atoms with Crippen LogP contribution in [-0.2, 0) is 0 Å². The van der Waals surface area contributed by atoms with Crippen molar-refractivity contribution in [2.45, 2.75) is 18.4 Å². The lowest BCUT2D eigenvalue weighted by Gasteiger charge is -2.08. The highest BCUT2D eigenvalue weighted by Crippen LogP contribution is 2.46. The third kappa shape index (κ3) is 1.56. The predicted octanol–water partition coefficient (Wildman–Crippen LogP) is 1.67. The molecule has 2 atom stereocenters. The Morgan fingerprint density at radius 1 is 1.62 bits per heavy atom. The molecule has 1 aliphatic rings. The van der Waals surface area contributed by atoms with Crippen LogP contribution in [0.2, 0.25) is 0 Å². The number of hydrogen-bond acceptors (Lipinski definition) is 3. The highest BCUT2D eigenvalue weighted by atomic mass is 79.9. The number of rotatable bonds is 2. The lowest BCUT2D eigenvalue weighted by atomic mass is 10.1. The highest BCUT2D eigenvalue weighted by Gasteiger charge is 2.38. The monoisotopic (exact) mass is 242 g/mol. The summed E-state index contributed by atoms with van der Waals surface area (Å²) in [4.78, 5) is 4.04. The van der Waals surface area contributed by atoms with Crippen LogP contribution >= 0.6 is 15.9 Å². The number of halogens is 1. The van der Waals surface area contributed by atoms with Gasteiger partial charge in [0, 0.05) is 28.2 Å². The van der Waals surface area contributed by atoms with Crippen molar-refractivity contribution in [3.8, 4) is 5.75 Å². The number of methoxy groups -OCH3 is 1. The smallest absolute Gasteiger partial charge is 0.141 e. The van der Waals surface area contributed by atoms with Crippen molar-refractivity contribution in [1.82, 2.24) is 4.98 Å². The first-order chi connectivity index (χ1) is 6.24. The zero-order valence-electron chi connectivity index (χ0n) is 7.33. The average molecular weight is 243 g/mol. The summed E-state index contributed by atoms with van der Waals surface area (Å²) in [5, 5.41) is 0. The zero-order valence-corrected chi connectivity index (χ0v) is 8.91. The van der Waals surface area contributed by atoms with Crippen molar-refractivity contribution in [2.24, 2.45) is 5.73 Å². The number of hydrogen-bond donors (Lipinski definition) is 1. The lowest BCUT2D eigenvalue weighted by Crippen LogP contribution is -2.03. The van der Waals surface area contributed by atoms with Crippen LogP contribution < -0.4 is 10.5 Å². The van der Waals surface area contributed by atoms with Gasteiger partial charge in [-0.15, -0.1) is 0 Å². The summed E-state index contributed by atoms with van der Waals surface area (Å²) in [7, 11) is 1.65. The molecule has 2 N–H and O–H groups in total. The molecule has 1 aromatic heterocycles. The van der Waals surface area contributed by atoms with Crippen molar-refractivity contribution in [1.29, 1.82) is 0 Å². The van der Waals surface area contributed by atoms with Crippen molar-refractivity contribution in [3.63, 3.8) is 0 Å². The van der Waals surface area contributed by atoms with E-state index in [4.69, 9.17) is 10.5 Å². The largest absolute Gasteiger partial charge is 0.495 e. The van der Waals surface area contributed by atoms with E-state index in [0.717, 1.165) is 22.2 Å². The van der Waals surface area contributed by atoms with Crippen LogP contribution in [0.4, 0.5) is 0 Å². The van der Waals surface area contributed by atoms with Gasteiger partial charge in [-0.25, -0.2) is 0 Å². The maximum absolute atomic E-state index is 5.79. The van der Waals surface area contributed by atoms with Crippen LogP contribution in [0.15, 0.2) is 16.9 Å². The molecule has 0 unspecified atom stereocenters. The third-order valence-electron chi connectivity index (χ3n) is 2.33. The maximum atomic E-state index is 5.79. The summed E-state index contributed by atoms with van der Waals surface area (Å²) in [5.41, 5.74) is 6.95. The molecular weight excluding hydrogens is 232 g/mol. The molecule has 1 aliphatic carbocycles. The first-order valence-corrected chi connectivity index (χ1v) is 4.96. The van der Waals surface area contributed by atoms with Gasteiger partial charge in [0.25, 0.3) is 0 Å². The number of nitrogens with two attached hydrogens (primary N) is 1. The molecule has 2 rings (SSSR count). The summed E-state index contributed by atoms with van der Waals surface area (Å²) < 4.78 is 6.22. The first-order valence-electron chi connectivity index (χ1n) is 4.17. The van der Waals surface area contributed by atoms with Gasteiger partial charge >= 0.3 is 0 Å². The summed E-state index contributed by atoms with van der Waals surface area (Å²) in [6, 6.07) is 0.285. The van der Waals surface area contributed by atoms with E-state index in [0.29, 0.717) is 5.92 Å². The fraction of sp³-hybridized carbons (Fsp3) is 0.444. The fourth-order valence-corrected chi connectivity index (χ4v) is 2.10. The quantitative estimate of drug-likeness (QED) is 0.859. The molecule has 3 nitrogen and oxygen atoms in total. The molecule has 1 aromatic rings. The molecule has 0 aliphatic heterocycles. The van der Waals surface area contributed by atoms with Gasteiger partial charge in [0.15, 0.2) is 0 Å². The minimum Gasteiger partial charge on any atom is -0.495 e. The minimum atomic E-state index is 0.285. The molecule has 4 heteroatoms. The molecule has 0 amide bonds. The van der Waals surface area contributed by atoms with Crippen LogP contribution in [0.3, 0.4) is 0 Å². The summed E-state index contributed by atoms with van der Waals surface area (Å²) in [5.74, 6) is 1.26. The Kier molecular flexibility index (Phi) is 2.26. The molecule has 0 aromatic carbocycles. The SMILES string of the molecule is COc1cncc(Br)c1[C@@H]1C[C@H]1N. The Morgan fingerprint density at radius 2 is 2.31 bits per heavy atom. The van der Waals surface area contributed by atoms with E-state index in [1.807, 2.05) is 0 Å². The number of aromatic nitrogens is 1. The molecular formula is C9H11BrN2O. The fourth-order valence-electron chi connectivity index (χ4n) is 1.50. The van der Waals surface area contributed by atoms with Crippen LogP contribution in [-0.4, -0.2) is 18.1 Å². The number of ether oxygens (including phenoxy) is 1. The average Bonchev–Trinajstić information content (AvgIpc) is 2.82. The Labute approximate surface area is 85.4 Å². The van der Waals surface area contributed by atoms with Gasteiger partial charge in [-0.3, -0.25) is 4.98 Å². The Balaban J connectivity index is 2.41. The molecule has 1 saturated carbocycles. The lowest BCUT2D eigenvalue weighted by molar-refractivity contribution is 0.407. The second kappa shape index (κ2) is 3.27. The van der Waals surface area contributed by atoms with Crippen LogP contribution in [0.25, 0.3) is 0 Å². The van der Waals surface area contributed by atoms with E-state index in [-0.39, 0.29) is 6.04 Å². The van der Waals surface area contributed by atoms with Gasteiger partial charge in [0.05, 0.1) is 13.3 Å². The third-order valence-corrected chi connectivity index (χ3v) is 2.96. The van der Waals surface area contributed by atoms with E-state index in [2.05, 4.69) is 20.9 Å². The van der Waals surface area contributed by atoms with Gasteiger partial charge in [0.2, 0.25) is 0 Å². The van der Waals surface area contributed by atoms with Crippen LogP contribution in [0.1, 0.15) is 17.9 Å². The first kappa shape index (κ1) is 8.97. The van der Waals surface area contributed by atoms with E-state index < -0.39 is 0 Å². The van der Waals surface area contributed by atoms with E-state index in [9.17, 15) is 0 Å². The van der Waals surface area contributed by atoms with Crippen molar-refractivity contribution < 1.29 is 4.74 Å². The predicted molar refractivity (Wildman–Crippen MR) is 53.8 cm³/mol. The molecule has 1 heterocycles. The van der Waals surface area contributed by atoms with Gasteiger partial charge in [-0.1, -0.05) is 0 Å². The molecule has 0 saturated heterocycles. The topological polar surface area (TPSA) is 48.1 Å². The minimum absolute atomic E-state index is 0.285. The van der Waals surface area contributed by atoms with E-state index >= 15 is 0 Å². The number of pyridine rings is 1. The second-order valence-electron chi connectivity index (χ2n) is 3.24. The van der Waals surface area contributed by atoms with E-state index in [1.54, 1.807) is 19.5 Å². The second-order valence-corrected chi connectivity index (χ2v) is 4.10. The van der Waals surface area contributed by atoms with Crippen LogP contribution in [0.5, 0.6) is 5.75 Å².